The molecular formula is C56H32N4O. The van der Waals surface area contributed by atoms with Crippen LogP contribution < -0.4 is 0 Å². The van der Waals surface area contributed by atoms with Gasteiger partial charge in [-0.3, -0.25) is 4.57 Å². The first-order valence-electron chi connectivity index (χ1n) is 20.7. The van der Waals surface area contributed by atoms with Crippen LogP contribution in [0.4, 0.5) is 0 Å². The molecule has 0 aliphatic heterocycles. The van der Waals surface area contributed by atoms with Gasteiger partial charge in [-0.05, 0) is 86.9 Å². The molecule has 14 aromatic rings. The molecule has 0 atom stereocenters. The maximum absolute atomic E-state index is 6.38. The lowest BCUT2D eigenvalue weighted by atomic mass is 9.94. The molecular weight excluding hydrogens is 745 g/mol. The highest BCUT2D eigenvalue weighted by molar-refractivity contribution is 6.28. The van der Waals surface area contributed by atoms with E-state index >= 15 is 0 Å². The Morgan fingerprint density at radius 3 is 1.67 bits per heavy atom. The van der Waals surface area contributed by atoms with Gasteiger partial charge in [0.1, 0.15) is 11.2 Å². The minimum Gasteiger partial charge on any atom is -0.456 e. The third-order valence-electron chi connectivity index (χ3n) is 12.9. The lowest BCUT2D eigenvalue weighted by molar-refractivity contribution is 0.669. The van der Waals surface area contributed by atoms with Crippen molar-refractivity contribution in [2.45, 2.75) is 0 Å². The van der Waals surface area contributed by atoms with Crippen molar-refractivity contribution in [2.24, 2.45) is 0 Å². The second kappa shape index (κ2) is 12.1. The van der Waals surface area contributed by atoms with E-state index in [-0.39, 0.29) is 0 Å². The highest BCUT2D eigenvalue weighted by Crippen LogP contribution is 2.44. The van der Waals surface area contributed by atoms with Crippen LogP contribution in [0.2, 0.25) is 0 Å². The van der Waals surface area contributed by atoms with Gasteiger partial charge in [0.25, 0.3) is 0 Å². The quantitative estimate of drug-likeness (QED) is 0.168. The zero-order valence-electron chi connectivity index (χ0n) is 32.7. The molecule has 0 N–H and O–H groups in total. The van der Waals surface area contributed by atoms with E-state index in [4.69, 9.17) is 14.4 Å². The molecule has 0 bridgehead atoms. The average molecular weight is 777 g/mol. The molecule has 5 heteroatoms. The van der Waals surface area contributed by atoms with E-state index in [2.05, 4.69) is 191 Å². The van der Waals surface area contributed by atoms with Gasteiger partial charge in [0.2, 0.25) is 5.95 Å². The molecule has 0 amide bonds. The standard InChI is InChI=1S/C56H32N4O/c1-2-15-37-35(13-1)36-14-3-4-16-38(36)46-32-34(26-28-39(37)46)59-49-23-11-7-20-45(49)53-50(59)30-29-43-40-17-6-10-22-48(40)60(55(43)53)56-57-47-21-9-5-19-44(47)54(58-56)33-25-27-42-41-18-8-12-24-51(41)61-52(42)31-33/h1-32H. The second-order valence-electron chi connectivity index (χ2n) is 16.1. The fourth-order valence-electron chi connectivity index (χ4n) is 10.3. The van der Waals surface area contributed by atoms with E-state index in [1.807, 2.05) is 12.1 Å². The van der Waals surface area contributed by atoms with Crippen LogP contribution in [0.5, 0.6) is 0 Å². The molecule has 14 rings (SSSR count). The van der Waals surface area contributed by atoms with E-state index in [0.717, 1.165) is 88.0 Å². The third kappa shape index (κ3) is 4.49. The molecule has 0 radical (unpaired) electrons. The van der Waals surface area contributed by atoms with Crippen LogP contribution >= 0.6 is 0 Å². The maximum atomic E-state index is 6.38. The minimum atomic E-state index is 0.623. The van der Waals surface area contributed by atoms with Crippen molar-refractivity contribution in [3.05, 3.63) is 194 Å². The number of hydrogen-bond acceptors (Lipinski definition) is 3. The molecule has 0 unspecified atom stereocenters. The molecule has 5 nitrogen and oxygen atoms in total. The normalized spacial score (nSPS) is 12.3. The Morgan fingerprint density at radius 1 is 0.344 bits per heavy atom. The summed E-state index contributed by atoms with van der Waals surface area (Å²) in [6.45, 7) is 0. The summed E-state index contributed by atoms with van der Waals surface area (Å²) in [5, 5.41) is 15.4. The van der Waals surface area contributed by atoms with Gasteiger partial charge in [0.15, 0.2) is 0 Å². The molecule has 10 aromatic carbocycles. The fraction of sp³-hybridized carbons (Fsp3) is 0. The van der Waals surface area contributed by atoms with Gasteiger partial charge in [0, 0.05) is 49.0 Å². The Morgan fingerprint density at radius 2 is 0.902 bits per heavy atom. The molecule has 0 spiro atoms. The Kier molecular flexibility index (Phi) is 6.49. The number of nitrogens with zero attached hydrogens (tertiary/aromatic N) is 4. The van der Waals surface area contributed by atoms with Crippen LogP contribution in [-0.2, 0) is 0 Å². The van der Waals surface area contributed by atoms with Gasteiger partial charge in [-0.25, -0.2) is 9.97 Å². The van der Waals surface area contributed by atoms with Crippen molar-refractivity contribution in [1.29, 1.82) is 0 Å². The van der Waals surface area contributed by atoms with E-state index < -0.39 is 0 Å². The number of furan rings is 1. The van der Waals surface area contributed by atoms with E-state index in [0.29, 0.717) is 5.95 Å². The van der Waals surface area contributed by atoms with Crippen LogP contribution in [0.1, 0.15) is 0 Å². The Labute approximate surface area is 347 Å². The topological polar surface area (TPSA) is 48.8 Å². The largest absolute Gasteiger partial charge is 0.456 e. The fourth-order valence-corrected chi connectivity index (χ4v) is 10.3. The number of rotatable bonds is 3. The number of aromatic nitrogens is 4. The summed E-state index contributed by atoms with van der Waals surface area (Å²) in [7, 11) is 0. The van der Waals surface area contributed by atoms with Gasteiger partial charge >= 0.3 is 0 Å². The average Bonchev–Trinajstić information content (AvgIpc) is 3.98. The van der Waals surface area contributed by atoms with Crippen molar-refractivity contribution >= 4 is 109 Å². The van der Waals surface area contributed by atoms with E-state index in [1.165, 1.54) is 37.7 Å². The first kappa shape index (κ1) is 32.7. The number of hydrogen-bond donors (Lipinski definition) is 0. The first-order chi connectivity index (χ1) is 30.3. The van der Waals surface area contributed by atoms with Crippen LogP contribution in [0, 0.1) is 0 Å². The highest BCUT2D eigenvalue weighted by Gasteiger charge is 2.23. The number of benzene rings is 10. The predicted octanol–water partition coefficient (Wildman–Crippen LogP) is 14.8. The number of fused-ring (bicyclic) bond motifs is 17. The molecule has 4 aromatic heterocycles. The molecule has 0 aliphatic rings. The predicted molar refractivity (Wildman–Crippen MR) is 253 cm³/mol. The lowest BCUT2D eigenvalue weighted by Crippen LogP contribution is -2.03. The van der Waals surface area contributed by atoms with Crippen molar-refractivity contribution in [1.82, 2.24) is 19.1 Å². The van der Waals surface area contributed by atoms with Crippen molar-refractivity contribution in [3.63, 3.8) is 0 Å². The Hall–Kier alpha value is -8.28. The van der Waals surface area contributed by atoms with Crippen molar-refractivity contribution in [3.8, 4) is 22.9 Å². The zero-order valence-corrected chi connectivity index (χ0v) is 32.7. The summed E-state index contributed by atoms with van der Waals surface area (Å²) in [6.07, 6.45) is 0. The molecule has 0 fully saturated rings. The van der Waals surface area contributed by atoms with E-state index in [9.17, 15) is 0 Å². The van der Waals surface area contributed by atoms with Gasteiger partial charge in [0.05, 0.1) is 33.3 Å². The minimum absolute atomic E-state index is 0.623. The summed E-state index contributed by atoms with van der Waals surface area (Å²) >= 11 is 0. The summed E-state index contributed by atoms with van der Waals surface area (Å²) in [5.74, 6) is 0.623. The van der Waals surface area contributed by atoms with Gasteiger partial charge in [-0.2, -0.15) is 0 Å². The third-order valence-corrected chi connectivity index (χ3v) is 12.9. The molecule has 282 valence electrons. The van der Waals surface area contributed by atoms with Gasteiger partial charge < -0.3 is 8.98 Å². The molecule has 0 aliphatic carbocycles. The molecule has 0 saturated carbocycles. The monoisotopic (exact) mass is 776 g/mol. The van der Waals surface area contributed by atoms with Crippen molar-refractivity contribution < 1.29 is 4.42 Å². The SMILES string of the molecule is c1ccc2c(-c3ccc4c(c3)oc3ccccc34)nc(-n3c4ccccc4c4ccc5c(c6ccccc6n5-c5ccc6c7ccccc7c7ccccc7c6c5)c43)nc2c1. The van der Waals surface area contributed by atoms with E-state index in [1.54, 1.807) is 0 Å². The van der Waals surface area contributed by atoms with Crippen LogP contribution in [0.3, 0.4) is 0 Å². The van der Waals surface area contributed by atoms with Gasteiger partial charge in [-0.1, -0.05) is 140 Å². The smallest absolute Gasteiger partial charge is 0.235 e. The Balaban J connectivity index is 1.07. The summed E-state index contributed by atoms with van der Waals surface area (Å²) in [5.41, 5.74) is 9.95. The van der Waals surface area contributed by atoms with Crippen LogP contribution in [-0.4, -0.2) is 19.1 Å². The zero-order chi connectivity index (χ0) is 39.8. The van der Waals surface area contributed by atoms with Crippen LogP contribution in [0.25, 0.3) is 132 Å². The van der Waals surface area contributed by atoms with Gasteiger partial charge in [-0.15, -0.1) is 0 Å². The summed E-state index contributed by atoms with van der Waals surface area (Å²) in [6, 6.07) is 69.5. The first-order valence-corrected chi connectivity index (χ1v) is 20.7. The summed E-state index contributed by atoms with van der Waals surface area (Å²) < 4.78 is 11.1. The summed E-state index contributed by atoms with van der Waals surface area (Å²) in [4.78, 5) is 10.9. The molecule has 61 heavy (non-hydrogen) atoms. The number of para-hydroxylation sites is 4. The highest BCUT2D eigenvalue weighted by atomic mass is 16.3. The maximum Gasteiger partial charge on any atom is 0.235 e. The molecule has 0 saturated heterocycles. The van der Waals surface area contributed by atoms with Crippen molar-refractivity contribution in [2.75, 3.05) is 0 Å². The lowest BCUT2D eigenvalue weighted by Gasteiger charge is -2.14. The van der Waals surface area contributed by atoms with Crippen LogP contribution in [0.15, 0.2) is 199 Å². The Bertz CT molecular complexity index is 4150. The molecule has 4 heterocycles. The second-order valence-corrected chi connectivity index (χ2v) is 16.1.